The van der Waals surface area contributed by atoms with Crippen molar-refractivity contribution in [2.75, 3.05) is 0 Å². The van der Waals surface area contributed by atoms with E-state index in [-0.39, 0.29) is 12.6 Å². The topological polar surface area (TPSA) is 58.9 Å². The Kier molecular flexibility index (Phi) is 4.12. The third kappa shape index (κ3) is 3.59. The molecule has 0 aliphatic carbocycles. The van der Waals surface area contributed by atoms with Crippen LogP contribution in [0, 0.1) is 0 Å². The quantitative estimate of drug-likeness (QED) is 0.373. The molecule has 15 heavy (non-hydrogen) atoms. The molecule has 0 unspecified atom stereocenters. The molecule has 1 N–H and O–H groups in total. The van der Waals surface area contributed by atoms with Gasteiger partial charge in [0.15, 0.2) is 0 Å². The number of rotatable bonds is 3. The van der Waals surface area contributed by atoms with Crippen LogP contribution in [0.3, 0.4) is 0 Å². The van der Waals surface area contributed by atoms with Crippen molar-refractivity contribution in [3.05, 3.63) is 34.3 Å². The predicted molar refractivity (Wildman–Crippen MR) is 56.3 cm³/mol. The minimum absolute atomic E-state index is 0.186. The first-order valence-electron chi connectivity index (χ1n) is 4.22. The monoisotopic (exact) mass is 227 g/mol. The maximum Gasteiger partial charge on any atom is 0.302 e. The molecule has 0 aliphatic heterocycles. The fourth-order valence-corrected chi connectivity index (χ4v) is 1.26. The minimum atomic E-state index is -0.341. The van der Waals surface area contributed by atoms with E-state index in [1.54, 1.807) is 18.2 Å². The van der Waals surface area contributed by atoms with Crippen LogP contribution in [-0.2, 0) is 16.1 Å². The second kappa shape index (κ2) is 5.36. The van der Waals surface area contributed by atoms with Gasteiger partial charge in [-0.15, -0.1) is 0 Å². The molecule has 4 nitrogen and oxygen atoms in total. The summed E-state index contributed by atoms with van der Waals surface area (Å²) >= 11 is 5.88. The van der Waals surface area contributed by atoms with Gasteiger partial charge in [-0.05, 0) is 11.6 Å². The lowest BCUT2D eigenvalue weighted by molar-refractivity contribution is -0.142. The van der Waals surface area contributed by atoms with Crippen molar-refractivity contribution in [2.24, 2.45) is 5.16 Å². The van der Waals surface area contributed by atoms with Crippen molar-refractivity contribution in [3.8, 4) is 0 Å². The second-order valence-electron chi connectivity index (χ2n) is 2.88. The molecule has 0 radical (unpaired) electrons. The summed E-state index contributed by atoms with van der Waals surface area (Å²) in [5, 5.41) is 11.6. The number of esters is 1. The molecular weight excluding hydrogens is 218 g/mol. The van der Waals surface area contributed by atoms with Crippen LogP contribution in [0.5, 0.6) is 0 Å². The van der Waals surface area contributed by atoms with Gasteiger partial charge in [0.1, 0.15) is 6.61 Å². The average molecular weight is 228 g/mol. The SMILES string of the molecule is CC(=O)OCc1ccc(C=NO)c(Cl)c1. The van der Waals surface area contributed by atoms with Crippen molar-refractivity contribution in [1.82, 2.24) is 0 Å². The Morgan fingerprint density at radius 1 is 1.67 bits per heavy atom. The zero-order valence-corrected chi connectivity index (χ0v) is 8.86. The number of benzene rings is 1. The molecule has 80 valence electrons. The Morgan fingerprint density at radius 2 is 2.40 bits per heavy atom. The van der Waals surface area contributed by atoms with Crippen molar-refractivity contribution in [3.63, 3.8) is 0 Å². The number of hydrogen-bond acceptors (Lipinski definition) is 4. The standard InChI is InChI=1S/C10H10ClNO3/c1-7(13)15-6-8-2-3-9(5-12-14)10(11)4-8/h2-5,14H,6H2,1H3. The average Bonchev–Trinajstić information content (AvgIpc) is 2.19. The van der Waals surface area contributed by atoms with E-state index >= 15 is 0 Å². The first kappa shape index (κ1) is 11.5. The highest BCUT2D eigenvalue weighted by Crippen LogP contribution is 2.16. The van der Waals surface area contributed by atoms with Crippen LogP contribution in [0.4, 0.5) is 0 Å². The minimum Gasteiger partial charge on any atom is -0.461 e. The van der Waals surface area contributed by atoms with Gasteiger partial charge in [0.05, 0.1) is 6.21 Å². The highest BCUT2D eigenvalue weighted by Gasteiger charge is 2.01. The lowest BCUT2D eigenvalue weighted by Crippen LogP contribution is -1.99. The van der Waals surface area contributed by atoms with Crippen LogP contribution in [-0.4, -0.2) is 17.4 Å². The van der Waals surface area contributed by atoms with Crippen molar-refractivity contribution < 1.29 is 14.7 Å². The zero-order chi connectivity index (χ0) is 11.3. The number of halogens is 1. The fraction of sp³-hybridized carbons (Fsp3) is 0.200. The molecule has 0 amide bonds. The van der Waals surface area contributed by atoms with E-state index < -0.39 is 0 Å². The van der Waals surface area contributed by atoms with Crippen LogP contribution in [0.25, 0.3) is 0 Å². The Bertz CT molecular complexity index is 390. The maximum absolute atomic E-state index is 10.6. The van der Waals surface area contributed by atoms with Crippen LogP contribution < -0.4 is 0 Å². The Labute approximate surface area is 92.1 Å². The molecule has 5 heteroatoms. The summed E-state index contributed by atoms with van der Waals surface area (Å²) in [4.78, 5) is 10.6. The maximum atomic E-state index is 10.6. The molecule has 0 aromatic heterocycles. The van der Waals surface area contributed by atoms with Crippen molar-refractivity contribution in [2.45, 2.75) is 13.5 Å². The Morgan fingerprint density at radius 3 is 2.93 bits per heavy atom. The largest absolute Gasteiger partial charge is 0.461 e. The highest BCUT2D eigenvalue weighted by molar-refractivity contribution is 6.33. The number of carbonyl (C=O) groups is 1. The van der Waals surface area contributed by atoms with E-state index in [0.29, 0.717) is 10.6 Å². The normalized spacial score (nSPS) is 10.5. The molecule has 0 fully saturated rings. The van der Waals surface area contributed by atoms with Gasteiger partial charge < -0.3 is 9.94 Å². The summed E-state index contributed by atoms with van der Waals surface area (Å²) in [6.07, 6.45) is 1.23. The first-order chi connectivity index (χ1) is 7.13. The smallest absolute Gasteiger partial charge is 0.302 e. The van der Waals surface area contributed by atoms with Gasteiger partial charge in [-0.1, -0.05) is 28.9 Å². The van der Waals surface area contributed by atoms with Crippen molar-refractivity contribution >= 4 is 23.8 Å². The summed E-state index contributed by atoms with van der Waals surface area (Å²) in [6.45, 7) is 1.53. The van der Waals surface area contributed by atoms with Gasteiger partial charge in [-0.2, -0.15) is 0 Å². The molecule has 0 bridgehead atoms. The van der Waals surface area contributed by atoms with Crippen LogP contribution in [0.15, 0.2) is 23.4 Å². The third-order valence-electron chi connectivity index (χ3n) is 1.70. The van der Waals surface area contributed by atoms with E-state index in [1.165, 1.54) is 13.1 Å². The Hall–Kier alpha value is -1.55. The molecule has 0 saturated heterocycles. The summed E-state index contributed by atoms with van der Waals surface area (Å²) in [6, 6.07) is 5.08. The molecular formula is C10H10ClNO3. The number of oxime groups is 1. The van der Waals surface area contributed by atoms with Gasteiger partial charge in [0.2, 0.25) is 0 Å². The van der Waals surface area contributed by atoms with E-state index in [9.17, 15) is 4.79 Å². The van der Waals surface area contributed by atoms with E-state index in [4.69, 9.17) is 21.5 Å². The van der Waals surface area contributed by atoms with E-state index in [1.807, 2.05) is 0 Å². The third-order valence-corrected chi connectivity index (χ3v) is 2.03. The summed E-state index contributed by atoms with van der Waals surface area (Å²) in [5.41, 5.74) is 1.39. The van der Waals surface area contributed by atoms with Gasteiger partial charge in [-0.25, -0.2) is 0 Å². The number of nitrogens with zero attached hydrogens (tertiary/aromatic N) is 1. The van der Waals surface area contributed by atoms with Gasteiger partial charge in [0, 0.05) is 17.5 Å². The van der Waals surface area contributed by atoms with E-state index in [2.05, 4.69) is 5.16 Å². The lowest BCUT2D eigenvalue weighted by atomic mass is 10.1. The summed E-state index contributed by atoms with van der Waals surface area (Å²) in [7, 11) is 0. The second-order valence-corrected chi connectivity index (χ2v) is 3.29. The van der Waals surface area contributed by atoms with Gasteiger partial charge >= 0.3 is 5.97 Å². The zero-order valence-electron chi connectivity index (χ0n) is 8.11. The molecule has 0 saturated carbocycles. The molecule has 1 aromatic rings. The van der Waals surface area contributed by atoms with Crippen LogP contribution >= 0.6 is 11.6 Å². The molecule has 0 heterocycles. The van der Waals surface area contributed by atoms with Crippen LogP contribution in [0.1, 0.15) is 18.1 Å². The van der Waals surface area contributed by atoms with Gasteiger partial charge in [0.25, 0.3) is 0 Å². The molecule has 0 aliphatic rings. The van der Waals surface area contributed by atoms with E-state index in [0.717, 1.165) is 5.56 Å². The summed E-state index contributed by atoms with van der Waals surface area (Å²) < 4.78 is 4.80. The summed E-state index contributed by atoms with van der Waals surface area (Å²) in [5.74, 6) is -0.341. The predicted octanol–water partition coefficient (Wildman–Crippen LogP) is 2.21. The van der Waals surface area contributed by atoms with Crippen LogP contribution in [0.2, 0.25) is 5.02 Å². The van der Waals surface area contributed by atoms with Gasteiger partial charge in [-0.3, -0.25) is 4.79 Å². The molecule has 1 rings (SSSR count). The fourth-order valence-electron chi connectivity index (χ4n) is 1.01. The molecule has 0 spiro atoms. The highest BCUT2D eigenvalue weighted by atomic mass is 35.5. The van der Waals surface area contributed by atoms with Crippen molar-refractivity contribution in [1.29, 1.82) is 0 Å². The first-order valence-corrected chi connectivity index (χ1v) is 4.60. The number of ether oxygens (including phenoxy) is 1. The lowest BCUT2D eigenvalue weighted by Gasteiger charge is -2.03. The molecule has 0 atom stereocenters. The number of carbonyl (C=O) groups excluding carboxylic acids is 1. The molecule has 1 aromatic carbocycles. The Balaban J connectivity index is 2.77. The number of hydrogen-bond donors (Lipinski definition) is 1.